The van der Waals surface area contributed by atoms with Gasteiger partial charge in [-0.15, -0.1) is 11.6 Å². The van der Waals surface area contributed by atoms with Crippen molar-refractivity contribution in [3.63, 3.8) is 0 Å². The Kier molecular flexibility index (Phi) is 4.11. The lowest BCUT2D eigenvalue weighted by molar-refractivity contribution is -0.0660. The third-order valence-corrected chi connectivity index (χ3v) is 5.50. The Morgan fingerprint density at radius 1 is 1.15 bits per heavy atom. The van der Waals surface area contributed by atoms with E-state index in [1.807, 2.05) is 31.2 Å². The van der Waals surface area contributed by atoms with E-state index in [2.05, 4.69) is 0 Å². The molecule has 0 heterocycles. The van der Waals surface area contributed by atoms with Crippen molar-refractivity contribution < 1.29 is 9.47 Å². The van der Waals surface area contributed by atoms with Crippen molar-refractivity contribution >= 4 is 11.6 Å². The van der Waals surface area contributed by atoms with Crippen LogP contribution in [0.4, 0.5) is 0 Å². The zero-order valence-electron chi connectivity index (χ0n) is 12.1. The maximum atomic E-state index is 6.54. The normalized spacial score (nSPS) is 27.9. The van der Waals surface area contributed by atoms with Gasteiger partial charge in [-0.25, -0.2) is 0 Å². The van der Waals surface area contributed by atoms with E-state index < -0.39 is 0 Å². The fourth-order valence-corrected chi connectivity index (χ4v) is 4.21. The fraction of sp³-hybridized carbons (Fsp3) is 0.647. The van der Waals surface area contributed by atoms with Crippen LogP contribution in [0.15, 0.2) is 24.3 Å². The van der Waals surface area contributed by atoms with E-state index >= 15 is 0 Å². The van der Waals surface area contributed by atoms with E-state index in [-0.39, 0.29) is 16.9 Å². The molecular weight excluding hydrogens is 272 g/mol. The third kappa shape index (κ3) is 2.39. The van der Waals surface area contributed by atoms with Gasteiger partial charge in [-0.2, -0.15) is 0 Å². The average Bonchev–Trinajstić information content (AvgIpc) is 2.50. The van der Waals surface area contributed by atoms with Gasteiger partial charge in [-0.05, 0) is 31.9 Å². The minimum Gasteiger partial charge on any atom is -0.490 e. The first kappa shape index (κ1) is 14.1. The van der Waals surface area contributed by atoms with Gasteiger partial charge >= 0.3 is 0 Å². The Hall–Kier alpha value is -0.890. The van der Waals surface area contributed by atoms with E-state index in [1.54, 1.807) is 0 Å². The van der Waals surface area contributed by atoms with Crippen LogP contribution in [0.1, 0.15) is 45.4 Å². The molecule has 3 rings (SSSR count). The molecule has 2 nitrogen and oxygen atoms in total. The predicted octanol–water partition coefficient (Wildman–Crippen LogP) is 4.79. The van der Waals surface area contributed by atoms with Crippen molar-refractivity contribution in [1.29, 1.82) is 0 Å². The van der Waals surface area contributed by atoms with Gasteiger partial charge in [0.15, 0.2) is 11.5 Å². The lowest BCUT2D eigenvalue weighted by atomic mass is 9.58. The number of benzene rings is 1. The molecule has 20 heavy (non-hydrogen) atoms. The van der Waals surface area contributed by atoms with Gasteiger partial charge in [0.2, 0.25) is 0 Å². The third-order valence-electron chi connectivity index (χ3n) is 4.89. The SMILES string of the molecule is CCOc1ccccc1OC1CC(Cl)C12CCCCC2. The first-order valence-corrected chi connectivity index (χ1v) is 8.22. The standard InChI is InChI=1S/C17H23ClO2/c1-2-19-13-8-4-5-9-14(13)20-16-12-15(18)17(16)10-6-3-7-11-17/h4-5,8-9,15-16H,2-3,6-7,10-12H2,1H3. The summed E-state index contributed by atoms with van der Waals surface area (Å²) < 4.78 is 11.9. The second-order valence-corrected chi connectivity index (χ2v) is 6.51. The van der Waals surface area contributed by atoms with Gasteiger partial charge in [0, 0.05) is 17.2 Å². The van der Waals surface area contributed by atoms with Crippen molar-refractivity contribution in [2.24, 2.45) is 5.41 Å². The molecule has 2 aliphatic rings. The number of alkyl halides is 1. The lowest BCUT2D eigenvalue weighted by Gasteiger charge is -2.55. The Morgan fingerprint density at radius 3 is 2.50 bits per heavy atom. The highest BCUT2D eigenvalue weighted by molar-refractivity contribution is 6.21. The predicted molar refractivity (Wildman–Crippen MR) is 81.8 cm³/mol. The molecule has 1 aromatic rings. The molecule has 0 aliphatic heterocycles. The van der Waals surface area contributed by atoms with Crippen molar-refractivity contribution in [3.05, 3.63) is 24.3 Å². The minimum absolute atomic E-state index is 0.207. The Balaban J connectivity index is 1.75. The smallest absolute Gasteiger partial charge is 0.161 e. The van der Waals surface area contributed by atoms with Crippen LogP contribution in [-0.2, 0) is 0 Å². The molecule has 0 N–H and O–H groups in total. The van der Waals surface area contributed by atoms with E-state index in [4.69, 9.17) is 21.1 Å². The molecule has 1 spiro atoms. The van der Waals surface area contributed by atoms with Crippen LogP contribution in [0, 0.1) is 5.41 Å². The van der Waals surface area contributed by atoms with E-state index in [1.165, 1.54) is 32.1 Å². The van der Waals surface area contributed by atoms with E-state index in [0.717, 1.165) is 17.9 Å². The summed E-state index contributed by atoms with van der Waals surface area (Å²) in [6.07, 6.45) is 7.56. The molecule has 2 saturated carbocycles. The molecule has 0 radical (unpaired) electrons. The zero-order chi connectivity index (χ0) is 14.0. The summed E-state index contributed by atoms with van der Waals surface area (Å²) in [7, 11) is 0. The van der Waals surface area contributed by atoms with Crippen LogP contribution in [0.5, 0.6) is 11.5 Å². The summed E-state index contributed by atoms with van der Waals surface area (Å²) in [4.78, 5) is 0. The van der Waals surface area contributed by atoms with E-state index in [0.29, 0.717) is 6.61 Å². The molecule has 2 unspecified atom stereocenters. The van der Waals surface area contributed by atoms with Crippen molar-refractivity contribution in [1.82, 2.24) is 0 Å². The second-order valence-electron chi connectivity index (χ2n) is 5.98. The van der Waals surface area contributed by atoms with Gasteiger partial charge in [-0.1, -0.05) is 31.4 Å². The van der Waals surface area contributed by atoms with Crippen LogP contribution in [-0.4, -0.2) is 18.1 Å². The molecule has 3 heteroatoms. The second kappa shape index (κ2) is 5.85. The Morgan fingerprint density at radius 2 is 1.85 bits per heavy atom. The van der Waals surface area contributed by atoms with Crippen LogP contribution in [0.25, 0.3) is 0 Å². The highest BCUT2D eigenvalue weighted by Crippen LogP contribution is 2.56. The van der Waals surface area contributed by atoms with Gasteiger partial charge < -0.3 is 9.47 Å². The van der Waals surface area contributed by atoms with Crippen molar-refractivity contribution in [3.8, 4) is 11.5 Å². The van der Waals surface area contributed by atoms with Crippen LogP contribution in [0.3, 0.4) is 0 Å². The summed E-state index contributed by atoms with van der Waals surface area (Å²) in [5.41, 5.74) is 0.207. The number of rotatable bonds is 4. The summed E-state index contributed by atoms with van der Waals surface area (Å²) in [6, 6.07) is 7.97. The number of hydrogen-bond donors (Lipinski definition) is 0. The first-order chi connectivity index (χ1) is 9.76. The van der Waals surface area contributed by atoms with Gasteiger partial charge in [-0.3, -0.25) is 0 Å². The summed E-state index contributed by atoms with van der Waals surface area (Å²) in [5.74, 6) is 1.71. The van der Waals surface area contributed by atoms with Crippen LogP contribution < -0.4 is 9.47 Å². The van der Waals surface area contributed by atoms with E-state index in [9.17, 15) is 0 Å². The van der Waals surface area contributed by atoms with Gasteiger partial charge in [0.25, 0.3) is 0 Å². The molecular formula is C17H23ClO2. The number of para-hydroxylation sites is 2. The largest absolute Gasteiger partial charge is 0.490 e. The highest BCUT2D eigenvalue weighted by atomic mass is 35.5. The highest BCUT2D eigenvalue weighted by Gasteiger charge is 2.56. The molecule has 0 bridgehead atoms. The minimum atomic E-state index is 0.207. The number of ether oxygens (including phenoxy) is 2. The summed E-state index contributed by atoms with van der Waals surface area (Å²) >= 11 is 6.54. The quantitative estimate of drug-likeness (QED) is 0.743. The number of hydrogen-bond acceptors (Lipinski definition) is 2. The molecule has 0 amide bonds. The maximum Gasteiger partial charge on any atom is 0.161 e. The summed E-state index contributed by atoms with van der Waals surface area (Å²) in [5, 5.41) is 0.284. The van der Waals surface area contributed by atoms with Crippen LogP contribution in [0.2, 0.25) is 0 Å². The number of halogens is 1. The van der Waals surface area contributed by atoms with Gasteiger partial charge in [0.1, 0.15) is 6.10 Å². The molecule has 110 valence electrons. The molecule has 0 saturated heterocycles. The molecule has 2 aliphatic carbocycles. The molecule has 0 aromatic heterocycles. The monoisotopic (exact) mass is 294 g/mol. The lowest BCUT2D eigenvalue weighted by Crippen LogP contribution is -2.58. The molecule has 2 atom stereocenters. The molecule has 1 aromatic carbocycles. The summed E-state index contributed by atoms with van der Waals surface area (Å²) in [6.45, 7) is 2.66. The van der Waals surface area contributed by atoms with Crippen LogP contribution >= 0.6 is 11.6 Å². The Bertz CT molecular complexity index is 454. The average molecular weight is 295 g/mol. The fourth-order valence-electron chi connectivity index (χ4n) is 3.68. The maximum absolute atomic E-state index is 6.54. The topological polar surface area (TPSA) is 18.5 Å². The van der Waals surface area contributed by atoms with Crippen molar-refractivity contribution in [2.45, 2.75) is 56.9 Å². The molecule has 2 fully saturated rings. The first-order valence-electron chi connectivity index (χ1n) is 7.79. The van der Waals surface area contributed by atoms with Gasteiger partial charge in [0.05, 0.1) is 6.61 Å². The zero-order valence-corrected chi connectivity index (χ0v) is 12.9. The van der Waals surface area contributed by atoms with Crippen molar-refractivity contribution in [2.75, 3.05) is 6.61 Å². The Labute approximate surface area is 126 Å².